The summed E-state index contributed by atoms with van der Waals surface area (Å²) in [6.45, 7) is 0. The highest BCUT2D eigenvalue weighted by Crippen LogP contribution is 2.36. The molecule has 2 heterocycles. The number of H-pyrrole nitrogens is 2. The topological polar surface area (TPSA) is 112 Å². The van der Waals surface area contributed by atoms with Crippen molar-refractivity contribution in [3.63, 3.8) is 0 Å². The summed E-state index contributed by atoms with van der Waals surface area (Å²) in [5, 5.41) is 9.68. The van der Waals surface area contributed by atoms with E-state index in [2.05, 4.69) is 4.98 Å². The first-order chi connectivity index (χ1) is 9.08. The van der Waals surface area contributed by atoms with Crippen LogP contribution in [-0.2, 0) is 4.74 Å². The Morgan fingerprint density at radius 1 is 1.11 bits per heavy atom. The van der Waals surface area contributed by atoms with Crippen LogP contribution >= 0.6 is 0 Å². The number of aromatic nitrogens is 2. The van der Waals surface area contributed by atoms with Gasteiger partial charge in [0.15, 0.2) is 6.10 Å². The van der Waals surface area contributed by atoms with Crippen LogP contribution in [-0.4, -0.2) is 21.0 Å². The van der Waals surface area contributed by atoms with E-state index in [-0.39, 0.29) is 5.56 Å². The molecule has 0 radical (unpaired) electrons. The van der Waals surface area contributed by atoms with Crippen molar-refractivity contribution < 1.29 is 14.6 Å². The Morgan fingerprint density at radius 2 is 1.84 bits per heavy atom. The van der Waals surface area contributed by atoms with E-state index in [9.17, 15) is 19.5 Å². The molecule has 0 saturated heterocycles. The lowest BCUT2D eigenvalue weighted by molar-refractivity contribution is 0.0450. The highest BCUT2D eigenvalue weighted by atomic mass is 16.5. The van der Waals surface area contributed by atoms with Crippen molar-refractivity contribution in [2.24, 2.45) is 0 Å². The van der Waals surface area contributed by atoms with Crippen molar-refractivity contribution in [1.82, 2.24) is 9.97 Å². The van der Waals surface area contributed by atoms with Gasteiger partial charge in [-0.1, -0.05) is 18.2 Å². The van der Waals surface area contributed by atoms with Crippen molar-refractivity contribution in [2.45, 2.75) is 6.10 Å². The molecule has 1 aliphatic rings. The van der Waals surface area contributed by atoms with E-state index in [1.54, 1.807) is 24.3 Å². The molecule has 3 N–H and O–H groups in total. The summed E-state index contributed by atoms with van der Waals surface area (Å²) in [5.41, 5.74) is -1.02. The van der Waals surface area contributed by atoms with Gasteiger partial charge >= 0.3 is 11.7 Å². The fourth-order valence-corrected chi connectivity index (χ4v) is 2.09. The third kappa shape index (κ3) is 1.63. The van der Waals surface area contributed by atoms with E-state index in [4.69, 9.17) is 4.74 Å². The first-order valence-electron chi connectivity index (χ1n) is 5.43. The number of carbonyl (C=O) groups is 1. The minimum absolute atomic E-state index is 0.196. The van der Waals surface area contributed by atoms with Crippen LogP contribution in [0.3, 0.4) is 0 Å². The van der Waals surface area contributed by atoms with Crippen LogP contribution in [0.4, 0.5) is 0 Å². The predicted molar refractivity (Wildman–Crippen MR) is 63.0 cm³/mol. The molecule has 1 aromatic heterocycles. The maximum absolute atomic E-state index is 11.7. The van der Waals surface area contributed by atoms with Gasteiger partial charge in [0.05, 0.1) is 5.56 Å². The number of nitrogens with one attached hydrogen (secondary N) is 2. The third-order valence-corrected chi connectivity index (χ3v) is 2.91. The van der Waals surface area contributed by atoms with Gasteiger partial charge in [0.25, 0.3) is 5.56 Å². The molecule has 0 fully saturated rings. The average molecular weight is 260 g/mol. The number of carbonyl (C=O) groups excluding carboxylic acids is 1. The first kappa shape index (κ1) is 11.3. The van der Waals surface area contributed by atoms with Gasteiger partial charge < -0.3 is 9.84 Å². The van der Waals surface area contributed by atoms with Crippen LogP contribution in [0.5, 0.6) is 5.88 Å². The van der Waals surface area contributed by atoms with Crippen molar-refractivity contribution in [3.8, 4) is 5.88 Å². The molecule has 0 bridgehead atoms. The molecule has 0 aliphatic carbocycles. The summed E-state index contributed by atoms with van der Waals surface area (Å²) in [6, 6.07) is 6.54. The summed E-state index contributed by atoms with van der Waals surface area (Å²) < 4.78 is 5.08. The van der Waals surface area contributed by atoms with E-state index in [1.165, 1.54) is 0 Å². The average Bonchev–Trinajstić information content (AvgIpc) is 2.67. The zero-order valence-electron chi connectivity index (χ0n) is 9.47. The maximum atomic E-state index is 11.7. The highest BCUT2D eigenvalue weighted by Gasteiger charge is 2.35. The van der Waals surface area contributed by atoms with Crippen LogP contribution in [0, 0.1) is 0 Å². The Balaban J connectivity index is 2.24. The molecular weight excluding hydrogens is 252 g/mol. The van der Waals surface area contributed by atoms with Gasteiger partial charge in [-0.05, 0) is 6.07 Å². The molecule has 1 aromatic carbocycles. The fourth-order valence-electron chi connectivity index (χ4n) is 2.09. The zero-order valence-corrected chi connectivity index (χ0v) is 9.47. The quantitative estimate of drug-likeness (QED) is 0.626. The summed E-state index contributed by atoms with van der Waals surface area (Å²) in [6.07, 6.45) is -1.02. The van der Waals surface area contributed by atoms with Crippen molar-refractivity contribution in [1.29, 1.82) is 0 Å². The lowest BCUT2D eigenvalue weighted by Gasteiger charge is -2.10. The van der Waals surface area contributed by atoms with Crippen LogP contribution in [0.2, 0.25) is 0 Å². The summed E-state index contributed by atoms with van der Waals surface area (Å²) in [7, 11) is 0. The van der Waals surface area contributed by atoms with Crippen LogP contribution in [0.15, 0.2) is 33.9 Å². The van der Waals surface area contributed by atoms with E-state index in [1.807, 2.05) is 4.98 Å². The standard InChI is InChI=1S/C12H8N2O5/c15-9-7(10(16)14-12(18)13-9)8-5-3-1-2-4-6(5)11(17)19-8/h1-4,8H,(H3,13,14,15,16,18)/t8-/m1/s1. The number of fused-ring (bicyclic) bond motifs is 1. The number of hydrogen-bond donors (Lipinski definition) is 3. The Morgan fingerprint density at radius 3 is 2.58 bits per heavy atom. The largest absolute Gasteiger partial charge is 0.494 e. The van der Waals surface area contributed by atoms with Gasteiger partial charge in [-0.2, -0.15) is 0 Å². The van der Waals surface area contributed by atoms with E-state index < -0.39 is 29.2 Å². The normalized spacial score (nSPS) is 17.1. The molecule has 1 atom stereocenters. The lowest BCUT2D eigenvalue weighted by Crippen LogP contribution is -2.27. The van der Waals surface area contributed by atoms with Crippen molar-refractivity contribution in [2.75, 3.05) is 0 Å². The number of rotatable bonds is 1. The van der Waals surface area contributed by atoms with E-state index in [0.717, 1.165) is 0 Å². The molecule has 0 spiro atoms. The van der Waals surface area contributed by atoms with Gasteiger partial charge in [-0.3, -0.25) is 14.8 Å². The molecule has 7 nitrogen and oxygen atoms in total. The Kier molecular flexibility index (Phi) is 2.28. The summed E-state index contributed by atoms with van der Waals surface area (Å²) >= 11 is 0. The number of ether oxygens (including phenoxy) is 1. The Bertz CT molecular complexity index is 789. The third-order valence-electron chi connectivity index (χ3n) is 2.91. The number of aromatic amines is 2. The Hall–Kier alpha value is -2.83. The van der Waals surface area contributed by atoms with E-state index in [0.29, 0.717) is 11.1 Å². The molecule has 3 rings (SSSR count). The second kappa shape index (κ2) is 3.84. The molecule has 19 heavy (non-hydrogen) atoms. The number of cyclic esters (lactones) is 1. The number of benzene rings is 1. The minimum Gasteiger partial charge on any atom is -0.494 e. The molecule has 1 aliphatic heterocycles. The van der Waals surface area contributed by atoms with Crippen molar-refractivity contribution >= 4 is 5.97 Å². The maximum Gasteiger partial charge on any atom is 0.339 e. The molecule has 0 amide bonds. The fraction of sp³-hybridized carbons (Fsp3) is 0.0833. The lowest BCUT2D eigenvalue weighted by atomic mass is 10.0. The summed E-state index contributed by atoms with van der Waals surface area (Å²) in [5.74, 6) is -1.19. The van der Waals surface area contributed by atoms with Crippen molar-refractivity contribution in [3.05, 3.63) is 61.8 Å². The van der Waals surface area contributed by atoms with Gasteiger partial charge in [0, 0.05) is 5.56 Å². The van der Waals surface area contributed by atoms with Gasteiger partial charge in [-0.15, -0.1) is 0 Å². The highest BCUT2D eigenvalue weighted by molar-refractivity contribution is 5.94. The Labute approximate surface area is 105 Å². The molecule has 7 heteroatoms. The number of esters is 1. The molecule has 0 unspecified atom stereocenters. The SMILES string of the molecule is O=C1O[C@@H](c2c(O)[nH]c(=O)[nH]c2=O)c2ccccc21. The molecule has 0 saturated carbocycles. The van der Waals surface area contributed by atoms with Gasteiger partial charge in [0.1, 0.15) is 5.56 Å². The first-order valence-corrected chi connectivity index (χ1v) is 5.43. The number of hydrogen-bond acceptors (Lipinski definition) is 5. The van der Waals surface area contributed by atoms with E-state index >= 15 is 0 Å². The second-order valence-corrected chi connectivity index (χ2v) is 4.04. The zero-order chi connectivity index (χ0) is 13.6. The second-order valence-electron chi connectivity index (χ2n) is 4.04. The predicted octanol–water partition coefficient (Wildman–Crippen LogP) is 0.0286. The molecule has 2 aromatic rings. The smallest absolute Gasteiger partial charge is 0.339 e. The molecular formula is C12H8N2O5. The van der Waals surface area contributed by atoms with Crippen LogP contribution in [0.25, 0.3) is 0 Å². The number of aromatic hydroxyl groups is 1. The molecule has 96 valence electrons. The minimum atomic E-state index is -1.02. The summed E-state index contributed by atoms with van der Waals surface area (Å²) in [4.78, 5) is 38.4. The van der Waals surface area contributed by atoms with Gasteiger partial charge in [-0.25, -0.2) is 9.59 Å². The van der Waals surface area contributed by atoms with Crippen LogP contribution < -0.4 is 11.2 Å². The van der Waals surface area contributed by atoms with Gasteiger partial charge in [0.2, 0.25) is 5.88 Å². The van der Waals surface area contributed by atoms with Crippen LogP contribution in [0.1, 0.15) is 27.6 Å². The monoisotopic (exact) mass is 260 g/mol.